The zero-order valence-electron chi connectivity index (χ0n) is 14.2. The summed E-state index contributed by atoms with van der Waals surface area (Å²) in [6.07, 6.45) is -3.15. The molecule has 0 aliphatic heterocycles. The van der Waals surface area contributed by atoms with Gasteiger partial charge in [-0.25, -0.2) is 4.98 Å². The normalized spacial score (nSPS) is 11.4. The van der Waals surface area contributed by atoms with Crippen molar-refractivity contribution in [1.29, 1.82) is 0 Å². The third-order valence-corrected chi connectivity index (χ3v) is 3.69. The Balaban J connectivity index is 1.75. The molecule has 0 amide bonds. The second-order valence-electron chi connectivity index (χ2n) is 5.64. The van der Waals surface area contributed by atoms with E-state index in [1.165, 1.54) is 18.4 Å². The van der Waals surface area contributed by atoms with E-state index in [0.717, 1.165) is 11.6 Å². The van der Waals surface area contributed by atoms with Gasteiger partial charge in [0, 0.05) is 11.3 Å². The number of aromatic nitrogens is 1. The first-order chi connectivity index (χ1) is 13.0. The smallest absolute Gasteiger partial charge is 0.418 e. The molecule has 0 aliphatic rings. The van der Waals surface area contributed by atoms with Gasteiger partial charge >= 0.3 is 6.18 Å². The number of hydrogen-bond acceptors (Lipinski definition) is 5. The number of aliphatic hydroxyl groups is 1. The molecule has 2 N–H and O–H groups in total. The first-order valence-corrected chi connectivity index (χ1v) is 8.16. The van der Waals surface area contributed by atoms with Crippen LogP contribution in [0.4, 0.5) is 18.9 Å². The average molecular weight is 378 g/mol. The quantitative estimate of drug-likeness (QED) is 0.640. The maximum Gasteiger partial charge on any atom is 0.418 e. The monoisotopic (exact) mass is 378 g/mol. The first kappa shape index (κ1) is 18.8. The van der Waals surface area contributed by atoms with Crippen LogP contribution in [0.5, 0.6) is 5.75 Å². The Kier molecular flexibility index (Phi) is 5.66. The average Bonchev–Trinajstić information content (AvgIpc) is 3.14. The highest BCUT2D eigenvalue weighted by atomic mass is 19.4. The number of oxazole rings is 1. The molecule has 3 rings (SSSR count). The van der Waals surface area contributed by atoms with Crippen LogP contribution in [0.3, 0.4) is 0 Å². The Bertz CT molecular complexity index is 879. The van der Waals surface area contributed by atoms with Gasteiger partial charge in [0.25, 0.3) is 0 Å². The van der Waals surface area contributed by atoms with Crippen LogP contribution in [0, 0.1) is 0 Å². The predicted octanol–water partition coefficient (Wildman–Crippen LogP) is 4.34. The van der Waals surface area contributed by atoms with Crippen molar-refractivity contribution in [3.8, 4) is 17.2 Å². The Morgan fingerprint density at radius 2 is 1.89 bits per heavy atom. The fourth-order valence-corrected chi connectivity index (χ4v) is 2.45. The van der Waals surface area contributed by atoms with E-state index in [1.807, 2.05) is 30.3 Å². The molecule has 0 unspecified atom stereocenters. The molecular weight excluding hydrogens is 361 g/mol. The highest BCUT2D eigenvalue weighted by Gasteiger charge is 2.34. The predicted molar refractivity (Wildman–Crippen MR) is 93.3 cm³/mol. The number of nitrogens with one attached hydrogen (secondary N) is 1. The maximum absolute atomic E-state index is 13.3. The number of aliphatic hydroxyl groups excluding tert-OH is 1. The van der Waals surface area contributed by atoms with Gasteiger partial charge in [-0.15, -0.1) is 0 Å². The van der Waals surface area contributed by atoms with Crippen molar-refractivity contribution >= 4 is 5.69 Å². The fourth-order valence-electron chi connectivity index (χ4n) is 2.45. The van der Waals surface area contributed by atoms with E-state index < -0.39 is 11.7 Å². The molecule has 0 saturated carbocycles. The zero-order valence-corrected chi connectivity index (χ0v) is 14.2. The largest absolute Gasteiger partial charge is 0.491 e. The minimum atomic E-state index is -4.56. The topological polar surface area (TPSA) is 67.5 Å². The zero-order chi connectivity index (χ0) is 19.3. The van der Waals surface area contributed by atoms with Crippen LogP contribution in [0.25, 0.3) is 11.5 Å². The Morgan fingerprint density at radius 1 is 1.11 bits per heavy atom. The second-order valence-corrected chi connectivity index (χ2v) is 5.64. The lowest BCUT2D eigenvalue weighted by Crippen LogP contribution is -2.12. The third kappa shape index (κ3) is 4.79. The standard InChI is InChI=1S/C19H17F3N2O3/c20-19(21,22)16-10-15(26-9-8-25)6-7-17(16)23-11-14-12-27-18(24-14)13-4-2-1-3-5-13/h1-7,10,12,23,25H,8-9,11H2. The summed E-state index contributed by atoms with van der Waals surface area (Å²) in [5.41, 5.74) is 0.306. The molecule has 3 aromatic rings. The van der Waals surface area contributed by atoms with E-state index in [-0.39, 0.29) is 31.2 Å². The van der Waals surface area contributed by atoms with Crippen molar-refractivity contribution in [2.45, 2.75) is 12.7 Å². The van der Waals surface area contributed by atoms with E-state index in [0.29, 0.717) is 11.6 Å². The summed E-state index contributed by atoms with van der Waals surface area (Å²) in [5.74, 6) is 0.436. The minimum Gasteiger partial charge on any atom is -0.491 e. The summed E-state index contributed by atoms with van der Waals surface area (Å²) >= 11 is 0. The summed E-state index contributed by atoms with van der Waals surface area (Å²) in [7, 11) is 0. The van der Waals surface area contributed by atoms with Gasteiger partial charge in [0.15, 0.2) is 0 Å². The van der Waals surface area contributed by atoms with Crippen LogP contribution in [-0.2, 0) is 12.7 Å². The second kappa shape index (κ2) is 8.13. The van der Waals surface area contributed by atoms with Crippen molar-refractivity contribution in [2.75, 3.05) is 18.5 Å². The summed E-state index contributed by atoms with van der Waals surface area (Å²) in [4.78, 5) is 4.28. The number of nitrogens with zero attached hydrogens (tertiary/aromatic N) is 1. The molecule has 27 heavy (non-hydrogen) atoms. The van der Waals surface area contributed by atoms with Gasteiger partial charge in [-0.3, -0.25) is 0 Å². The number of halogens is 3. The number of rotatable bonds is 7. The van der Waals surface area contributed by atoms with Crippen LogP contribution in [-0.4, -0.2) is 23.3 Å². The molecular formula is C19H17F3N2O3. The van der Waals surface area contributed by atoms with E-state index >= 15 is 0 Å². The van der Waals surface area contributed by atoms with Crippen LogP contribution < -0.4 is 10.1 Å². The van der Waals surface area contributed by atoms with Crippen LogP contribution in [0.1, 0.15) is 11.3 Å². The van der Waals surface area contributed by atoms with Crippen molar-refractivity contribution in [2.24, 2.45) is 0 Å². The van der Waals surface area contributed by atoms with Crippen molar-refractivity contribution in [3.05, 3.63) is 66.1 Å². The van der Waals surface area contributed by atoms with Gasteiger partial charge in [-0.2, -0.15) is 13.2 Å². The molecule has 0 bridgehead atoms. The van der Waals surface area contributed by atoms with Gasteiger partial charge < -0.3 is 19.6 Å². The van der Waals surface area contributed by atoms with E-state index in [4.69, 9.17) is 14.3 Å². The molecule has 0 fully saturated rings. The summed E-state index contributed by atoms with van der Waals surface area (Å²) < 4.78 is 50.4. The number of ether oxygens (including phenoxy) is 1. The van der Waals surface area contributed by atoms with E-state index in [1.54, 1.807) is 0 Å². The Hall–Kier alpha value is -3.00. The molecule has 0 spiro atoms. The molecule has 0 aliphatic carbocycles. The highest BCUT2D eigenvalue weighted by molar-refractivity contribution is 5.56. The molecule has 1 heterocycles. The molecule has 0 radical (unpaired) electrons. The lowest BCUT2D eigenvalue weighted by Gasteiger charge is -2.15. The SMILES string of the molecule is OCCOc1ccc(NCc2coc(-c3ccccc3)n2)c(C(F)(F)F)c1. The van der Waals surface area contributed by atoms with Crippen LogP contribution in [0.15, 0.2) is 59.2 Å². The number of benzene rings is 2. The highest BCUT2D eigenvalue weighted by Crippen LogP contribution is 2.37. The lowest BCUT2D eigenvalue weighted by atomic mass is 10.1. The van der Waals surface area contributed by atoms with Crippen LogP contribution in [0.2, 0.25) is 0 Å². The van der Waals surface area contributed by atoms with Gasteiger partial charge in [0.1, 0.15) is 18.6 Å². The first-order valence-electron chi connectivity index (χ1n) is 8.16. The lowest BCUT2D eigenvalue weighted by molar-refractivity contribution is -0.137. The molecule has 142 valence electrons. The fraction of sp³-hybridized carbons (Fsp3) is 0.211. The van der Waals surface area contributed by atoms with Gasteiger partial charge in [0.05, 0.1) is 24.4 Å². The summed E-state index contributed by atoms with van der Waals surface area (Å²) in [6.45, 7) is -0.293. The van der Waals surface area contributed by atoms with Crippen molar-refractivity contribution < 1.29 is 27.4 Å². The van der Waals surface area contributed by atoms with E-state index in [9.17, 15) is 13.2 Å². The molecule has 5 nitrogen and oxygen atoms in total. The number of alkyl halides is 3. The maximum atomic E-state index is 13.3. The van der Waals surface area contributed by atoms with Gasteiger partial charge in [0.2, 0.25) is 5.89 Å². The van der Waals surface area contributed by atoms with Gasteiger partial charge in [-0.05, 0) is 30.3 Å². The number of hydrogen-bond donors (Lipinski definition) is 2. The summed E-state index contributed by atoms with van der Waals surface area (Å²) in [5, 5.41) is 11.5. The van der Waals surface area contributed by atoms with E-state index in [2.05, 4.69) is 10.3 Å². The van der Waals surface area contributed by atoms with Crippen molar-refractivity contribution in [1.82, 2.24) is 4.98 Å². The molecule has 1 aromatic heterocycles. The number of anilines is 1. The minimum absolute atomic E-state index is 0.0368. The molecule has 0 atom stereocenters. The van der Waals surface area contributed by atoms with Crippen molar-refractivity contribution in [3.63, 3.8) is 0 Å². The Morgan fingerprint density at radius 3 is 2.59 bits per heavy atom. The third-order valence-electron chi connectivity index (χ3n) is 3.69. The molecule has 8 heteroatoms. The van der Waals surface area contributed by atoms with Crippen LogP contribution >= 0.6 is 0 Å². The Labute approximate surface area is 153 Å². The molecule has 2 aromatic carbocycles. The summed E-state index contributed by atoms with van der Waals surface area (Å²) in [6, 6.07) is 12.8. The van der Waals surface area contributed by atoms with Gasteiger partial charge in [-0.1, -0.05) is 18.2 Å². The molecule has 0 saturated heterocycles.